The van der Waals surface area contributed by atoms with Gasteiger partial charge in [-0.2, -0.15) is 0 Å². The van der Waals surface area contributed by atoms with Crippen LogP contribution < -0.4 is 5.32 Å². The van der Waals surface area contributed by atoms with E-state index < -0.39 is 10.0 Å². The van der Waals surface area contributed by atoms with E-state index in [9.17, 15) is 13.2 Å². The summed E-state index contributed by atoms with van der Waals surface area (Å²) in [6.45, 7) is 4.10. The molecule has 1 amide bonds. The second-order valence-corrected chi connectivity index (χ2v) is 7.84. The molecule has 118 valence electrons. The molecule has 0 radical (unpaired) electrons. The van der Waals surface area contributed by atoms with E-state index in [1.54, 1.807) is 6.92 Å². The van der Waals surface area contributed by atoms with Crippen molar-refractivity contribution in [1.29, 1.82) is 0 Å². The lowest BCUT2D eigenvalue weighted by Crippen LogP contribution is -2.26. The Morgan fingerprint density at radius 3 is 2.50 bits per heavy atom. The number of hydrogen-bond donors (Lipinski definition) is 1. The van der Waals surface area contributed by atoms with Gasteiger partial charge >= 0.3 is 0 Å². The maximum Gasteiger partial charge on any atom is 0.265 e. The first kappa shape index (κ1) is 16.7. The van der Waals surface area contributed by atoms with E-state index in [4.69, 9.17) is 0 Å². The zero-order chi connectivity index (χ0) is 16.3. The van der Waals surface area contributed by atoms with E-state index in [1.807, 2.05) is 31.2 Å². The molecule has 22 heavy (non-hydrogen) atoms. The molecule has 0 spiro atoms. The summed E-state index contributed by atoms with van der Waals surface area (Å²) in [5, 5.41) is 4.25. The van der Waals surface area contributed by atoms with Gasteiger partial charge in [-0.3, -0.25) is 4.79 Å². The van der Waals surface area contributed by atoms with Crippen molar-refractivity contribution in [2.24, 2.45) is 0 Å². The van der Waals surface area contributed by atoms with Crippen LogP contribution in [0.25, 0.3) is 0 Å². The molecular formula is C15H18N2O3S2. The summed E-state index contributed by atoms with van der Waals surface area (Å²) in [4.78, 5) is 12.7. The number of anilines is 1. The van der Waals surface area contributed by atoms with E-state index in [2.05, 4.69) is 5.32 Å². The Labute approximate surface area is 134 Å². The van der Waals surface area contributed by atoms with E-state index in [0.717, 1.165) is 16.9 Å². The number of sulfonamides is 1. The zero-order valence-electron chi connectivity index (χ0n) is 12.7. The van der Waals surface area contributed by atoms with E-state index in [0.29, 0.717) is 17.1 Å². The average molecular weight is 338 g/mol. The van der Waals surface area contributed by atoms with Gasteiger partial charge in [0.15, 0.2) is 0 Å². The number of amides is 1. The molecule has 0 fully saturated rings. The molecule has 5 nitrogen and oxygen atoms in total. The summed E-state index contributed by atoms with van der Waals surface area (Å²) < 4.78 is 25.6. The fourth-order valence-electron chi connectivity index (χ4n) is 1.75. The molecule has 0 aliphatic carbocycles. The lowest BCUT2D eigenvalue weighted by Gasteiger charge is -2.12. The molecule has 2 rings (SSSR count). The average Bonchev–Trinajstić information content (AvgIpc) is 2.99. The van der Waals surface area contributed by atoms with Gasteiger partial charge in [0.1, 0.15) is 0 Å². The van der Waals surface area contributed by atoms with E-state index in [-0.39, 0.29) is 10.8 Å². The third-order valence-electron chi connectivity index (χ3n) is 3.26. The Kier molecular flexibility index (Phi) is 5.00. The highest BCUT2D eigenvalue weighted by molar-refractivity contribution is 7.89. The number of rotatable bonds is 5. The van der Waals surface area contributed by atoms with Crippen LogP contribution in [0, 0.1) is 6.92 Å². The second-order valence-electron chi connectivity index (χ2n) is 4.89. The van der Waals surface area contributed by atoms with E-state index in [1.165, 1.54) is 22.8 Å². The van der Waals surface area contributed by atoms with Crippen LogP contribution in [0.3, 0.4) is 0 Å². The highest BCUT2D eigenvalue weighted by atomic mass is 32.2. The molecule has 7 heteroatoms. The summed E-state index contributed by atoms with van der Waals surface area (Å²) in [5.74, 6) is -0.311. The number of aryl methyl sites for hydroxylation is 1. The number of thiophene rings is 1. The Morgan fingerprint density at radius 1 is 1.27 bits per heavy atom. The van der Waals surface area contributed by atoms with Crippen LogP contribution in [0.5, 0.6) is 0 Å². The van der Waals surface area contributed by atoms with Gasteiger partial charge < -0.3 is 5.32 Å². The lowest BCUT2D eigenvalue weighted by molar-refractivity contribution is 0.103. The lowest BCUT2D eigenvalue weighted by atomic mass is 10.2. The predicted molar refractivity (Wildman–Crippen MR) is 88.9 cm³/mol. The van der Waals surface area contributed by atoms with Crippen molar-refractivity contribution in [3.63, 3.8) is 0 Å². The minimum absolute atomic E-state index is 0.149. The van der Waals surface area contributed by atoms with Crippen molar-refractivity contribution in [2.75, 3.05) is 18.9 Å². The standard InChI is InChI=1S/C15H18N2O3S2/c1-4-17(3)22(19,20)13-9-14(21-10-13)15(18)16-12-7-5-11(2)6-8-12/h5-10H,4H2,1-3H3,(H,16,18). The monoisotopic (exact) mass is 338 g/mol. The Morgan fingerprint density at radius 2 is 1.91 bits per heavy atom. The Balaban J connectivity index is 2.17. The predicted octanol–water partition coefficient (Wildman–Crippen LogP) is 2.95. The smallest absolute Gasteiger partial charge is 0.265 e. The normalized spacial score (nSPS) is 11.6. The molecule has 1 N–H and O–H groups in total. The molecule has 0 aliphatic rings. The number of carbonyl (C=O) groups excluding carboxylic acids is 1. The van der Waals surface area contributed by atoms with Gasteiger partial charge in [-0.1, -0.05) is 24.6 Å². The number of benzene rings is 1. The van der Waals surface area contributed by atoms with Crippen LogP contribution in [-0.2, 0) is 10.0 Å². The summed E-state index contributed by atoms with van der Waals surface area (Å²) >= 11 is 1.12. The highest BCUT2D eigenvalue weighted by Gasteiger charge is 2.22. The van der Waals surface area contributed by atoms with Gasteiger partial charge in [0.05, 0.1) is 9.77 Å². The van der Waals surface area contributed by atoms with E-state index >= 15 is 0 Å². The van der Waals surface area contributed by atoms with Gasteiger partial charge in [0.2, 0.25) is 10.0 Å². The van der Waals surface area contributed by atoms with Gasteiger partial charge in [0, 0.05) is 24.7 Å². The number of nitrogens with zero attached hydrogens (tertiary/aromatic N) is 1. The van der Waals surface area contributed by atoms with Crippen molar-refractivity contribution >= 4 is 33.0 Å². The summed E-state index contributed by atoms with van der Waals surface area (Å²) in [6, 6.07) is 8.83. The number of carbonyl (C=O) groups is 1. The third-order valence-corrected chi connectivity index (χ3v) is 6.25. The molecule has 0 atom stereocenters. The van der Waals surface area contributed by atoms with Crippen LogP contribution in [0.1, 0.15) is 22.2 Å². The van der Waals surface area contributed by atoms with Crippen molar-refractivity contribution in [2.45, 2.75) is 18.7 Å². The molecule has 1 heterocycles. The molecule has 0 bridgehead atoms. The van der Waals surface area contributed by atoms with Crippen molar-refractivity contribution in [3.05, 3.63) is 46.2 Å². The third kappa shape index (κ3) is 3.55. The SMILES string of the molecule is CCN(C)S(=O)(=O)c1csc(C(=O)Nc2ccc(C)cc2)c1. The molecule has 0 aliphatic heterocycles. The molecule has 0 saturated heterocycles. The summed E-state index contributed by atoms with van der Waals surface area (Å²) in [7, 11) is -2.00. The maximum atomic E-state index is 12.2. The first-order valence-corrected chi connectivity index (χ1v) is 9.09. The van der Waals surface area contributed by atoms with Crippen molar-refractivity contribution in [1.82, 2.24) is 4.31 Å². The van der Waals surface area contributed by atoms with Crippen LogP contribution >= 0.6 is 11.3 Å². The highest BCUT2D eigenvalue weighted by Crippen LogP contribution is 2.23. The second kappa shape index (κ2) is 6.60. The molecule has 2 aromatic rings. The van der Waals surface area contributed by atoms with Crippen molar-refractivity contribution in [3.8, 4) is 0 Å². The zero-order valence-corrected chi connectivity index (χ0v) is 14.3. The number of hydrogen-bond acceptors (Lipinski definition) is 4. The summed E-state index contributed by atoms with van der Waals surface area (Å²) in [6.07, 6.45) is 0. The van der Waals surface area contributed by atoms with Gasteiger partial charge in [-0.25, -0.2) is 12.7 Å². The Bertz CT molecular complexity index is 764. The minimum Gasteiger partial charge on any atom is -0.321 e. The Hall–Kier alpha value is -1.70. The summed E-state index contributed by atoms with van der Waals surface area (Å²) in [5.41, 5.74) is 1.78. The largest absolute Gasteiger partial charge is 0.321 e. The van der Waals surface area contributed by atoms with Gasteiger partial charge in [0.25, 0.3) is 5.91 Å². The van der Waals surface area contributed by atoms with Crippen LogP contribution in [-0.4, -0.2) is 32.2 Å². The fraction of sp³-hybridized carbons (Fsp3) is 0.267. The number of nitrogens with one attached hydrogen (secondary N) is 1. The van der Waals surface area contributed by atoms with Crippen LogP contribution in [0.4, 0.5) is 5.69 Å². The van der Waals surface area contributed by atoms with Gasteiger partial charge in [-0.05, 0) is 25.1 Å². The molecule has 0 saturated carbocycles. The molecule has 0 unspecified atom stereocenters. The fourth-order valence-corrected chi connectivity index (χ4v) is 4.09. The maximum absolute atomic E-state index is 12.2. The van der Waals surface area contributed by atoms with Gasteiger partial charge in [-0.15, -0.1) is 11.3 Å². The molecule has 1 aromatic heterocycles. The first-order chi connectivity index (χ1) is 10.3. The molecular weight excluding hydrogens is 320 g/mol. The van der Waals surface area contributed by atoms with Crippen LogP contribution in [0.15, 0.2) is 40.6 Å². The van der Waals surface area contributed by atoms with Crippen molar-refractivity contribution < 1.29 is 13.2 Å². The minimum atomic E-state index is -3.52. The van der Waals surface area contributed by atoms with Crippen LogP contribution in [0.2, 0.25) is 0 Å². The quantitative estimate of drug-likeness (QED) is 0.911. The molecule has 1 aromatic carbocycles. The topological polar surface area (TPSA) is 66.5 Å². The first-order valence-electron chi connectivity index (χ1n) is 6.77.